The quantitative estimate of drug-likeness (QED) is 0.374. The zero-order chi connectivity index (χ0) is 23.7. The lowest BCUT2D eigenvalue weighted by atomic mass is 9.37. The van der Waals surface area contributed by atoms with E-state index in [1.54, 1.807) is 6.07 Å². The normalized spacial score (nSPS) is 44.4. The molecule has 2 bridgehead atoms. The minimum Gasteiger partial charge on any atom is -0.633 e. The molecular formula is C24H28N2O8. The van der Waals surface area contributed by atoms with Crippen LogP contribution >= 0.6 is 0 Å². The molecule has 1 N–H and O–H groups in total. The molecule has 10 nitrogen and oxygen atoms in total. The van der Waals surface area contributed by atoms with Gasteiger partial charge in [-0.1, -0.05) is 6.07 Å². The van der Waals surface area contributed by atoms with E-state index in [1.165, 1.54) is 19.1 Å². The van der Waals surface area contributed by atoms with Gasteiger partial charge in [-0.3, -0.25) is 4.90 Å². The number of amides is 1. The molecule has 34 heavy (non-hydrogen) atoms. The number of piperidine rings is 1. The third-order valence-electron chi connectivity index (χ3n) is 10.1. The number of nitrogens with zero attached hydrogens (tertiary/aromatic N) is 2. The van der Waals surface area contributed by atoms with E-state index in [2.05, 4.69) is 0 Å². The number of methoxy groups -OCH3 is 2. The van der Waals surface area contributed by atoms with E-state index in [-0.39, 0.29) is 23.9 Å². The largest absolute Gasteiger partial charge is 0.633 e. The van der Waals surface area contributed by atoms with Crippen LogP contribution in [-0.4, -0.2) is 73.1 Å². The van der Waals surface area contributed by atoms with Crippen molar-refractivity contribution in [3.05, 3.63) is 22.9 Å². The number of aliphatic hydroxyl groups is 1. The van der Waals surface area contributed by atoms with Gasteiger partial charge in [0.05, 0.1) is 38.4 Å². The number of esters is 1. The molecule has 4 heterocycles. The fourth-order valence-corrected chi connectivity index (χ4v) is 9.46. The molecule has 7 aliphatic rings. The third kappa shape index (κ3) is 1.82. The number of hydrogen-bond donors (Lipinski definition) is 1. The van der Waals surface area contributed by atoms with Crippen LogP contribution in [0.2, 0.25) is 0 Å². The Bertz CT molecular complexity index is 1160. The van der Waals surface area contributed by atoms with Crippen molar-refractivity contribution in [1.29, 1.82) is 0 Å². The van der Waals surface area contributed by atoms with Gasteiger partial charge in [0.1, 0.15) is 11.6 Å². The minimum absolute atomic E-state index is 0.00299. The summed E-state index contributed by atoms with van der Waals surface area (Å²) in [5.41, 5.74) is -3.71. The lowest BCUT2D eigenvalue weighted by molar-refractivity contribution is -0.912. The van der Waals surface area contributed by atoms with Gasteiger partial charge in [-0.15, -0.1) is 0 Å². The Labute approximate surface area is 196 Å². The number of carbonyl (C=O) groups is 2. The molecule has 3 spiro atoms. The van der Waals surface area contributed by atoms with Gasteiger partial charge in [-0.2, -0.15) is 0 Å². The first kappa shape index (κ1) is 20.8. The van der Waals surface area contributed by atoms with Crippen LogP contribution in [0.4, 0.5) is 10.5 Å². The van der Waals surface area contributed by atoms with Crippen molar-refractivity contribution in [2.75, 3.05) is 39.0 Å². The van der Waals surface area contributed by atoms with E-state index in [9.17, 15) is 19.9 Å². The lowest BCUT2D eigenvalue weighted by Gasteiger charge is -2.72. The fourth-order valence-electron chi connectivity index (χ4n) is 9.46. The first-order valence-corrected chi connectivity index (χ1v) is 11.9. The standard InChI is InChI=1S/C24H28N2O8/c1-31-19(27)23(29)12-21-6-3-10-26(30)11-9-22(18(21)26)14-4-5-15-17(34-13-33-15)16(14)25(20(28)32-2)24(22,23)8-7-21/h4-5,18,29H,3,6-13H2,1-2H3/t18-,21+,22+,23+,24-,26?/m0/s1. The van der Waals surface area contributed by atoms with Gasteiger partial charge >= 0.3 is 12.1 Å². The van der Waals surface area contributed by atoms with Crippen molar-refractivity contribution in [3.8, 4) is 11.5 Å². The monoisotopic (exact) mass is 472 g/mol. The van der Waals surface area contributed by atoms with Gasteiger partial charge < -0.3 is 33.9 Å². The number of hydrogen-bond acceptors (Lipinski definition) is 8. The molecule has 1 amide bonds. The van der Waals surface area contributed by atoms with Crippen LogP contribution in [-0.2, 0) is 19.7 Å². The van der Waals surface area contributed by atoms with Crippen LogP contribution in [0.3, 0.4) is 0 Å². The smallest absolute Gasteiger partial charge is 0.414 e. The Kier molecular flexibility index (Phi) is 3.65. The minimum atomic E-state index is -2.01. The first-order valence-electron chi connectivity index (χ1n) is 11.9. The van der Waals surface area contributed by atoms with Gasteiger partial charge in [0.25, 0.3) is 0 Å². The Balaban J connectivity index is 1.63. The Morgan fingerprint density at radius 1 is 1.15 bits per heavy atom. The highest BCUT2D eigenvalue weighted by Gasteiger charge is 2.89. The number of quaternary nitrogens is 1. The van der Waals surface area contributed by atoms with E-state index in [4.69, 9.17) is 18.9 Å². The van der Waals surface area contributed by atoms with Crippen molar-refractivity contribution in [3.63, 3.8) is 0 Å². The van der Waals surface area contributed by atoms with Crippen molar-refractivity contribution < 1.29 is 38.3 Å². The molecule has 1 unspecified atom stereocenters. The highest BCUT2D eigenvalue weighted by Crippen LogP contribution is 2.79. The number of ether oxygens (including phenoxy) is 4. The zero-order valence-corrected chi connectivity index (χ0v) is 19.3. The summed E-state index contributed by atoms with van der Waals surface area (Å²) in [7, 11) is 2.53. The topological polar surface area (TPSA) is 118 Å². The van der Waals surface area contributed by atoms with Gasteiger partial charge in [0.15, 0.2) is 17.1 Å². The van der Waals surface area contributed by atoms with Crippen molar-refractivity contribution >= 4 is 17.7 Å². The average molecular weight is 472 g/mol. The highest BCUT2D eigenvalue weighted by molar-refractivity contribution is 6.01. The predicted octanol–water partition coefficient (Wildman–Crippen LogP) is 1.95. The second kappa shape index (κ2) is 5.98. The van der Waals surface area contributed by atoms with Crippen molar-refractivity contribution in [2.24, 2.45) is 5.41 Å². The summed E-state index contributed by atoms with van der Waals surface area (Å²) in [4.78, 5) is 28.5. The Morgan fingerprint density at radius 2 is 1.97 bits per heavy atom. The molecule has 2 saturated heterocycles. The molecule has 3 aliphatic carbocycles. The van der Waals surface area contributed by atoms with Crippen LogP contribution in [0.15, 0.2) is 12.1 Å². The summed E-state index contributed by atoms with van der Waals surface area (Å²) in [5.74, 6) is 0.0911. The van der Waals surface area contributed by atoms with Gasteiger partial charge in [0.2, 0.25) is 6.79 Å². The highest BCUT2D eigenvalue weighted by atomic mass is 16.7. The molecular weight excluding hydrogens is 444 g/mol. The second-order valence-corrected chi connectivity index (χ2v) is 10.9. The average Bonchev–Trinajstić information content (AvgIpc) is 3.50. The molecule has 1 aromatic carbocycles. The first-order chi connectivity index (χ1) is 16.2. The van der Waals surface area contributed by atoms with E-state index >= 15 is 0 Å². The third-order valence-corrected chi connectivity index (χ3v) is 10.1. The van der Waals surface area contributed by atoms with Crippen LogP contribution in [0.1, 0.15) is 44.1 Å². The molecule has 1 aromatic rings. The summed E-state index contributed by atoms with van der Waals surface area (Å²) in [6, 6.07) is 3.31. The number of rotatable bonds is 1. The number of anilines is 1. The summed E-state index contributed by atoms with van der Waals surface area (Å²) in [6.45, 7) is 0.865. The van der Waals surface area contributed by atoms with E-state index < -0.39 is 34.0 Å². The SMILES string of the molecule is COC(=O)N1c2c(ccc3c2OCO3)[C@@]23CC[N+]4([O-])CCC[C@]5(CC[C@]12[C@](O)(C(=O)OC)C5)[C@@H]34. The van der Waals surface area contributed by atoms with Crippen LogP contribution in [0, 0.1) is 10.6 Å². The molecule has 0 radical (unpaired) electrons. The number of carbonyl (C=O) groups excluding carboxylic acids is 2. The fraction of sp³-hybridized carbons (Fsp3) is 0.667. The Hall–Kier alpha value is -2.56. The molecule has 6 atom stereocenters. The maximum Gasteiger partial charge on any atom is 0.414 e. The summed E-state index contributed by atoms with van der Waals surface area (Å²) >= 11 is 0. The van der Waals surface area contributed by atoms with Crippen LogP contribution in [0.25, 0.3) is 0 Å². The van der Waals surface area contributed by atoms with E-state index in [0.717, 1.165) is 18.4 Å². The van der Waals surface area contributed by atoms with Crippen molar-refractivity contribution in [2.45, 2.75) is 61.1 Å². The van der Waals surface area contributed by atoms with Gasteiger partial charge in [-0.05, 0) is 37.3 Å². The second-order valence-electron chi connectivity index (χ2n) is 10.9. The number of hydroxylamine groups is 3. The number of fused-ring (bicyclic) bond motifs is 5. The van der Waals surface area contributed by atoms with E-state index in [1.807, 2.05) is 6.07 Å². The maximum absolute atomic E-state index is 14.4. The molecule has 0 aromatic heterocycles. The summed E-state index contributed by atoms with van der Waals surface area (Å²) < 4.78 is 21.6. The predicted molar refractivity (Wildman–Crippen MR) is 116 cm³/mol. The van der Waals surface area contributed by atoms with Gasteiger partial charge in [0, 0.05) is 18.3 Å². The summed E-state index contributed by atoms with van der Waals surface area (Å²) in [6.07, 6.45) is 2.33. The number of benzene rings is 1. The van der Waals surface area contributed by atoms with Crippen LogP contribution < -0.4 is 14.4 Å². The molecule has 182 valence electrons. The van der Waals surface area contributed by atoms with Gasteiger partial charge in [-0.25, -0.2) is 9.59 Å². The molecule has 5 fully saturated rings. The van der Waals surface area contributed by atoms with Crippen molar-refractivity contribution in [1.82, 2.24) is 0 Å². The molecule has 8 rings (SSSR count). The summed E-state index contributed by atoms with van der Waals surface area (Å²) in [5, 5.41) is 26.9. The Morgan fingerprint density at radius 3 is 2.74 bits per heavy atom. The molecule has 10 heteroatoms. The van der Waals surface area contributed by atoms with E-state index in [0.29, 0.717) is 49.5 Å². The molecule has 4 aliphatic heterocycles. The molecule has 3 saturated carbocycles. The zero-order valence-electron chi connectivity index (χ0n) is 19.3. The maximum atomic E-state index is 14.4. The lowest BCUT2D eigenvalue weighted by Crippen LogP contribution is -2.87. The van der Waals surface area contributed by atoms with Crippen LogP contribution in [0.5, 0.6) is 11.5 Å².